The van der Waals surface area contributed by atoms with Crippen LogP contribution >= 0.6 is 11.3 Å². The molecule has 0 aromatic carbocycles. The van der Waals surface area contributed by atoms with E-state index < -0.39 is 0 Å². The molecule has 0 saturated carbocycles. The molecule has 3 heteroatoms. The van der Waals surface area contributed by atoms with Gasteiger partial charge in [0.15, 0.2) is 0 Å². The molecule has 2 nitrogen and oxygen atoms in total. The molecular formula is C11H19NOS. The third-order valence-corrected chi connectivity index (χ3v) is 3.90. The van der Waals surface area contributed by atoms with Crippen molar-refractivity contribution in [3.8, 4) is 0 Å². The van der Waals surface area contributed by atoms with Crippen molar-refractivity contribution in [1.29, 1.82) is 0 Å². The Morgan fingerprint density at radius 3 is 2.57 bits per heavy atom. The molecular weight excluding hydrogens is 194 g/mol. The molecule has 1 aromatic heterocycles. The van der Waals surface area contributed by atoms with Crippen LogP contribution in [-0.4, -0.2) is 11.7 Å². The van der Waals surface area contributed by atoms with Gasteiger partial charge >= 0.3 is 0 Å². The fraction of sp³-hybridized carbons (Fsp3) is 0.636. The van der Waals surface area contributed by atoms with Crippen molar-refractivity contribution >= 4 is 11.3 Å². The van der Waals surface area contributed by atoms with Crippen LogP contribution in [0.2, 0.25) is 0 Å². The summed E-state index contributed by atoms with van der Waals surface area (Å²) in [5, 5.41) is 9.21. The Labute approximate surface area is 89.8 Å². The van der Waals surface area contributed by atoms with Crippen LogP contribution in [0.25, 0.3) is 0 Å². The molecule has 0 saturated heterocycles. The Balaban J connectivity index is 2.83. The van der Waals surface area contributed by atoms with E-state index >= 15 is 0 Å². The first-order valence-electron chi connectivity index (χ1n) is 4.96. The summed E-state index contributed by atoms with van der Waals surface area (Å²) in [6.45, 7) is 6.23. The SMILES string of the molecule is CCc1ccc([C@H](N)C(C)(C)CO)s1. The topological polar surface area (TPSA) is 46.2 Å². The van der Waals surface area contributed by atoms with Gasteiger partial charge in [0.25, 0.3) is 0 Å². The summed E-state index contributed by atoms with van der Waals surface area (Å²) >= 11 is 1.75. The molecule has 0 aliphatic rings. The van der Waals surface area contributed by atoms with E-state index in [9.17, 15) is 5.11 Å². The zero-order chi connectivity index (χ0) is 10.8. The third kappa shape index (κ3) is 2.35. The number of aliphatic hydroxyl groups excluding tert-OH is 1. The maximum absolute atomic E-state index is 9.21. The van der Waals surface area contributed by atoms with Crippen molar-refractivity contribution in [2.24, 2.45) is 11.1 Å². The van der Waals surface area contributed by atoms with E-state index in [1.807, 2.05) is 13.8 Å². The quantitative estimate of drug-likeness (QED) is 0.806. The van der Waals surface area contributed by atoms with E-state index in [1.165, 1.54) is 9.75 Å². The van der Waals surface area contributed by atoms with E-state index in [1.54, 1.807) is 11.3 Å². The summed E-state index contributed by atoms with van der Waals surface area (Å²) in [6, 6.07) is 4.12. The lowest BCUT2D eigenvalue weighted by molar-refractivity contribution is 0.133. The summed E-state index contributed by atoms with van der Waals surface area (Å²) in [6.07, 6.45) is 1.05. The minimum atomic E-state index is -0.240. The van der Waals surface area contributed by atoms with Crippen LogP contribution in [0.1, 0.15) is 36.6 Å². The Hall–Kier alpha value is -0.380. The van der Waals surface area contributed by atoms with Gasteiger partial charge in [0.1, 0.15) is 0 Å². The maximum Gasteiger partial charge on any atom is 0.0500 e. The molecule has 0 aliphatic heterocycles. The normalized spacial score (nSPS) is 14.4. The molecule has 0 unspecified atom stereocenters. The first kappa shape index (κ1) is 11.7. The number of aliphatic hydroxyl groups is 1. The van der Waals surface area contributed by atoms with Crippen molar-refractivity contribution in [2.75, 3.05) is 6.61 Å². The summed E-state index contributed by atoms with van der Waals surface area (Å²) in [4.78, 5) is 2.52. The first-order valence-corrected chi connectivity index (χ1v) is 5.78. The average Bonchev–Trinajstić information content (AvgIpc) is 2.64. The predicted octanol–water partition coefficient (Wildman–Crippen LogP) is 2.33. The highest BCUT2D eigenvalue weighted by Gasteiger charge is 2.27. The van der Waals surface area contributed by atoms with Crippen LogP contribution < -0.4 is 5.73 Å². The van der Waals surface area contributed by atoms with E-state index in [0.29, 0.717) is 0 Å². The lowest BCUT2D eigenvalue weighted by Gasteiger charge is -2.28. The highest BCUT2D eigenvalue weighted by Crippen LogP contribution is 2.34. The molecule has 0 radical (unpaired) electrons. The molecule has 1 atom stereocenters. The second kappa shape index (κ2) is 4.43. The third-order valence-electron chi connectivity index (χ3n) is 2.59. The number of aryl methyl sites for hydroxylation is 1. The van der Waals surface area contributed by atoms with Crippen LogP contribution in [-0.2, 0) is 6.42 Å². The van der Waals surface area contributed by atoms with E-state index in [0.717, 1.165) is 6.42 Å². The van der Waals surface area contributed by atoms with Gasteiger partial charge in [0.05, 0.1) is 6.61 Å². The molecule has 0 aliphatic carbocycles. The average molecular weight is 213 g/mol. The van der Waals surface area contributed by atoms with E-state index in [2.05, 4.69) is 19.1 Å². The van der Waals surface area contributed by atoms with Gasteiger partial charge in [0, 0.05) is 21.2 Å². The zero-order valence-corrected chi connectivity index (χ0v) is 9.90. The second-order valence-corrected chi connectivity index (χ2v) is 5.48. The maximum atomic E-state index is 9.21. The minimum absolute atomic E-state index is 0.0715. The number of hydrogen-bond donors (Lipinski definition) is 2. The molecule has 1 aromatic rings. The number of hydrogen-bond acceptors (Lipinski definition) is 3. The van der Waals surface area contributed by atoms with Crippen LogP contribution in [0.5, 0.6) is 0 Å². The van der Waals surface area contributed by atoms with Gasteiger partial charge in [-0.3, -0.25) is 0 Å². The number of rotatable bonds is 4. The summed E-state index contributed by atoms with van der Waals surface area (Å²) in [7, 11) is 0. The monoisotopic (exact) mass is 213 g/mol. The second-order valence-electron chi connectivity index (χ2n) is 4.28. The zero-order valence-electron chi connectivity index (χ0n) is 9.08. The summed E-state index contributed by atoms with van der Waals surface area (Å²) < 4.78 is 0. The molecule has 1 heterocycles. The number of thiophene rings is 1. The van der Waals surface area contributed by atoms with Gasteiger partial charge in [-0.1, -0.05) is 20.8 Å². The van der Waals surface area contributed by atoms with Crippen molar-refractivity contribution < 1.29 is 5.11 Å². The van der Waals surface area contributed by atoms with E-state index in [-0.39, 0.29) is 18.1 Å². The minimum Gasteiger partial charge on any atom is -0.396 e. The molecule has 1 rings (SSSR count). The Morgan fingerprint density at radius 2 is 2.14 bits per heavy atom. The van der Waals surface area contributed by atoms with Crippen LogP contribution in [0.3, 0.4) is 0 Å². The number of nitrogens with two attached hydrogens (primary N) is 1. The Kier molecular flexibility index (Phi) is 3.70. The molecule has 0 fully saturated rings. The van der Waals surface area contributed by atoms with Crippen molar-refractivity contribution in [1.82, 2.24) is 0 Å². The van der Waals surface area contributed by atoms with Crippen molar-refractivity contribution in [3.05, 3.63) is 21.9 Å². The highest BCUT2D eigenvalue weighted by atomic mass is 32.1. The lowest BCUT2D eigenvalue weighted by Crippen LogP contribution is -2.31. The van der Waals surface area contributed by atoms with Crippen LogP contribution in [0.15, 0.2) is 12.1 Å². The van der Waals surface area contributed by atoms with Crippen LogP contribution in [0.4, 0.5) is 0 Å². The van der Waals surface area contributed by atoms with Gasteiger partial charge in [-0.25, -0.2) is 0 Å². The van der Waals surface area contributed by atoms with Gasteiger partial charge in [0.2, 0.25) is 0 Å². The molecule has 0 amide bonds. The largest absolute Gasteiger partial charge is 0.396 e. The first-order chi connectivity index (χ1) is 6.51. The summed E-state index contributed by atoms with van der Waals surface area (Å²) in [5.41, 5.74) is 5.86. The van der Waals surface area contributed by atoms with Crippen LogP contribution in [0, 0.1) is 5.41 Å². The predicted molar refractivity (Wildman–Crippen MR) is 61.5 cm³/mol. The molecule has 80 valence electrons. The lowest BCUT2D eigenvalue weighted by atomic mass is 9.85. The summed E-state index contributed by atoms with van der Waals surface area (Å²) in [5.74, 6) is 0. The fourth-order valence-electron chi connectivity index (χ4n) is 1.24. The molecule has 0 bridgehead atoms. The van der Waals surface area contributed by atoms with Gasteiger partial charge in [-0.15, -0.1) is 11.3 Å². The van der Waals surface area contributed by atoms with Gasteiger partial charge in [-0.05, 0) is 18.6 Å². The highest BCUT2D eigenvalue weighted by molar-refractivity contribution is 7.12. The van der Waals surface area contributed by atoms with E-state index in [4.69, 9.17) is 5.73 Å². The fourth-order valence-corrected chi connectivity index (χ4v) is 2.40. The standard InChI is InChI=1S/C11H19NOS/c1-4-8-5-6-9(14-8)10(12)11(2,3)7-13/h5-6,10,13H,4,7,12H2,1-3H3/t10-/m0/s1. The Bertz CT molecular complexity index is 293. The van der Waals surface area contributed by atoms with Crippen molar-refractivity contribution in [2.45, 2.75) is 33.2 Å². The van der Waals surface area contributed by atoms with Gasteiger partial charge in [-0.2, -0.15) is 0 Å². The van der Waals surface area contributed by atoms with Gasteiger partial charge < -0.3 is 10.8 Å². The molecule has 3 N–H and O–H groups in total. The van der Waals surface area contributed by atoms with Crippen molar-refractivity contribution in [3.63, 3.8) is 0 Å². The smallest absolute Gasteiger partial charge is 0.0500 e. The molecule has 0 spiro atoms. The Morgan fingerprint density at radius 1 is 1.50 bits per heavy atom. The molecule has 14 heavy (non-hydrogen) atoms.